The summed E-state index contributed by atoms with van der Waals surface area (Å²) in [6.07, 6.45) is 1.47. The highest BCUT2D eigenvalue weighted by atomic mass is 32.1. The third kappa shape index (κ3) is 2.77. The average Bonchev–Trinajstić information content (AvgIpc) is 3.27. The molecule has 3 aromatic rings. The lowest BCUT2D eigenvalue weighted by Gasteiger charge is -2.26. The number of morpholine rings is 1. The number of rotatable bonds is 3. The summed E-state index contributed by atoms with van der Waals surface area (Å²) in [5.41, 5.74) is 0.738. The van der Waals surface area contributed by atoms with Gasteiger partial charge < -0.3 is 9.64 Å². The number of aromatic nitrogens is 2. The number of nitrogens with zero attached hydrogens (tertiary/aromatic N) is 3. The first-order valence-corrected chi connectivity index (χ1v) is 9.36. The summed E-state index contributed by atoms with van der Waals surface area (Å²) in [6.45, 7) is 2.25. The second-order valence-corrected chi connectivity index (χ2v) is 7.28. The number of carbonyl (C=O) groups is 1. The predicted molar refractivity (Wildman–Crippen MR) is 94.6 cm³/mol. The molecule has 1 amide bonds. The van der Waals surface area contributed by atoms with E-state index >= 15 is 0 Å². The molecule has 1 saturated heterocycles. The van der Waals surface area contributed by atoms with Gasteiger partial charge in [0.05, 0.1) is 24.9 Å². The second kappa shape index (κ2) is 6.46. The van der Waals surface area contributed by atoms with E-state index in [9.17, 15) is 9.59 Å². The standard InChI is InChI=1S/C16H15N3O3S2/c20-13(18-3-5-22-6-4-18)8-19-10-17-15-14(16(19)21)11(9-24-15)12-2-1-7-23-12/h1-2,7,9-10H,3-6,8H2. The Morgan fingerprint density at radius 1 is 1.29 bits per heavy atom. The van der Waals surface area contributed by atoms with Crippen LogP contribution in [0.2, 0.25) is 0 Å². The van der Waals surface area contributed by atoms with Gasteiger partial charge in [-0.15, -0.1) is 22.7 Å². The van der Waals surface area contributed by atoms with E-state index in [4.69, 9.17) is 4.74 Å². The van der Waals surface area contributed by atoms with Crippen molar-refractivity contribution >= 4 is 38.8 Å². The van der Waals surface area contributed by atoms with Crippen molar-refractivity contribution in [2.24, 2.45) is 0 Å². The number of carbonyl (C=O) groups excluding carboxylic acids is 1. The summed E-state index contributed by atoms with van der Waals surface area (Å²) in [7, 11) is 0. The maximum absolute atomic E-state index is 12.9. The summed E-state index contributed by atoms with van der Waals surface area (Å²) >= 11 is 3.04. The van der Waals surface area contributed by atoms with Crippen molar-refractivity contribution in [1.82, 2.24) is 14.5 Å². The van der Waals surface area contributed by atoms with Crippen LogP contribution in [0.3, 0.4) is 0 Å². The number of thiophene rings is 2. The van der Waals surface area contributed by atoms with Crippen LogP contribution < -0.4 is 5.56 Å². The Hall–Kier alpha value is -2.03. The zero-order chi connectivity index (χ0) is 16.5. The van der Waals surface area contributed by atoms with Gasteiger partial charge in [0.1, 0.15) is 11.4 Å². The van der Waals surface area contributed by atoms with Crippen LogP contribution in [0.25, 0.3) is 20.7 Å². The first kappa shape index (κ1) is 15.5. The molecule has 24 heavy (non-hydrogen) atoms. The van der Waals surface area contributed by atoms with Crippen LogP contribution >= 0.6 is 22.7 Å². The molecular formula is C16H15N3O3S2. The Morgan fingerprint density at radius 2 is 2.12 bits per heavy atom. The normalized spacial score (nSPS) is 15.1. The van der Waals surface area contributed by atoms with Crippen molar-refractivity contribution < 1.29 is 9.53 Å². The van der Waals surface area contributed by atoms with Crippen LogP contribution in [0.1, 0.15) is 0 Å². The van der Waals surface area contributed by atoms with Crippen molar-refractivity contribution in [2.75, 3.05) is 26.3 Å². The molecule has 0 radical (unpaired) electrons. The molecule has 0 saturated carbocycles. The Bertz CT molecular complexity index is 924. The van der Waals surface area contributed by atoms with Gasteiger partial charge in [0.25, 0.3) is 5.56 Å². The molecule has 8 heteroatoms. The van der Waals surface area contributed by atoms with Gasteiger partial charge in [0, 0.05) is 28.9 Å². The molecule has 0 bridgehead atoms. The van der Waals surface area contributed by atoms with Gasteiger partial charge >= 0.3 is 0 Å². The van der Waals surface area contributed by atoms with Crippen molar-refractivity contribution in [3.63, 3.8) is 0 Å². The largest absolute Gasteiger partial charge is 0.378 e. The van der Waals surface area contributed by atoms with Crippen LogP contribution in [0.4, 0.5) is 0 Å². The Labute approximate surface area is 145 Å². The lowest BCUT2D eigenvalue weighted by Crippen LogP contribution is -2.43. The fourth-order valence-electron chi connectivity index (χ4n) is 2.75. The minimum absolute atomic E-state index is 0.0154. The predicted octanol–water partition coefficient (Wildman–Crippen LogP) is 2.05. The van der Waals surface area contributed by atoms with E-state index < -0.39 is 0 Å². The SMILES string of the molecule is O=C(Cn1cnc2scc(-c3cccs3)c2c1=O)N1CCOCC1. The first-order valence-electron chi connectivity index (χ1n) is 7.60. The molecule has 4 rings (SSSR count). The van der Waals surface area contributed by atoms with E-state index in [-0.39, 0.29) is 18.0 Å². The zero-order valence-corrected chi connectivity index (χ0v) is 14.4. The van der Waals surface area contributed by atoms with Gasteiger partial charge in [-0.05, 0) is 11.4 Å². The number of fused-ring (bicyclic) bond motifs is 1. The molecule has 1 fully saturated rings. The van der Waals surface area contributed by atoms with Crippen LogP contribution in [0.5, 0.6) is 0 Å². The van der Waals surface area contributed by atoms with Gasteiger partial charge in [-0.1, -0.05) is 6.07 Å². The third-order valence-electron chi connectivity index (χ3n) is 4.02. The molecule has 4 heterocycles. The topological polar surface area (TPSA) is 64.4 Å². The number of ether oxygens (including phenoxy) is 1. The maximum atomic E-state index is 12.9. The Balaban J connectivity index is 1.69. The number of hydrogen-bond acceptors (Lipinski definition) is 6. The molecule has 1 aliphatic rings. The number of amides is 1. The molecule has 0 N–H and O–H groups in total. The van der Waals surface area contributed by atoms with Gasteiger partial charge in [-0.3, -0.25) is 14.2 Å². The van der Waals surface area contributed by atoms with E-state index in [1.165, 1.54) is 22.2 Å². The molecule has 124 valence electrons. The minimum atomic E-state index is -0.161. The lowest BCUT2D eigenvalue weighted by atomic mass is 10.2. The average molecular weight is 361 g/mol. The van der Waals surface area contributed by atoms with Crippen molar-refractivity contribution in [3.8, 4) is 10.4 Å². The summed E-state index contributed by atoms with van der Waals surface area (Å²) in [5, 5.41) is 4.54. The molecular weight excluding hydrogens is 346 g/mol. The van der Waals surface area contributed by atoms with E-state index in [1.807, 2.05) is 22.9 Å². The molecule has 1 aliphatic heterocycles. The fourth-order valence-corrected chi connectivity index (χ4v) is 4.47. The molecule has 6 nitrogen and oxygen atoms in total. The highest BCUT2D eigenvalue weighted by Gasteiger charge is 2.19. The van der Waals surface area contributed by atoms with Gasteiger partial charge in [0.15, 0.2) is 0 Å². The van der Waals surface area contributed by atoms with Gasteiger partial charge in [0.2, 0.25) is 5.91 Å². The molecule has 0 aromatic carbocycles. The summed E-state index contributed by atoms with van der Waals surface area (Å²) in [4.78, 5) is 33.1. The van der Waals surface area contributed by atoms with Crippen LogP contribution in [0.15, 0.2) is 34.0 Å². The van der Waals surface area contributed by atoms with Crippen LogP contribution in [-0.4, -0.2) is 46.7 Å². The monoisotopic (exact) mass is 361 g/mol. The maximum Gasteiger partial charge on any atom is 0.263 e. The van der Waals surface area contributed by atoms with Crippen molar-refractivity contribution in [2.45, 2.75) is 6.54 Å². The molecule has 0 spiro atoms. The lowest BCUT2D eigenvalue weighted by molar-refractivity contribution is -0.135. The highest BCUT2D eigenvalue weighted by molar-refractivity contribution is 7.18. The van der Waals surface area contributed by atoms with Gasteiger partial charge in [-0.25, -0.2) is 4.98 Å². The third-order valence-corrected chi connectivity index (χ3v) is 5.81. The number of hydrogen-bond donors (Lipinski definition) is 0. The van der Waals surface area contributed by atoms with E-state index in [2.05, 4.69) is 4.98 Å². The molecule has 0 aliphatic carbocycles. The Morgan fingerprint density at radius 3 is 2.88 bits per heavy atom. The summed E-state index contributed by atoms with van der Waals surface area (Å²) < 4.78 is 6.66. The van der Waals surface area contributed by atoms with Crippen LogP contribution in [0, 0.1) is 0 Å². The quantitative estimate of drug-likeness (QED) is 0.716. The van der Waals surface area contributed by atoms with Gasteiger partial charge in [-0.2, -0.15) is 0 Å². The summed E-state index contributed by atoms with van der Waals surface area (Å²) in [6, 6.07) is 3.95. The molecule has 3 aromatic heterocycles. The second-order valence-electron chi connectivity index (χ2n) is 5.48. The van der Waals surface area contributed by atoms with Crippen LogP contribution in [-0.2, 0) is 16.1 Å². The van der Waals surface area contributed by atoms with Crippen molar-refractivity contribution in [3.05, 3.63) is 39.6 Å². The zero-order valence-electron chi connectivity index (χ0n) is 12.8. The first-order chi connectivity index (χ1) is 11.7. The van der Waals surface area contributed by atoms with E-state index in [0.717, 1.165) is 10.4 Å². The minimum Gasteiger partial charge on any atom is -0.378 e. The van der Waals surface area contributed by atoms with E-state index in [1.54, 1.807) is 16.2 Å². The Kier molecular flexibility index (Phi) is 4.17. The highest BCUT2D eigenvalue weighted by Crippen LogP contribution is 2.33. The summed E-state index contributed by atoms with van der Waals surface area (Å²) in [5.74, 6) is -0.0746. The molecule has 0 unspecified atom stereocenters. The van der Waals surface area contributed by atoms with Crippen molar-refractivity contribution in [1.29, 1.82) is 0 Å². The smallest absolute Gasteiger partial charge is 0.263 e. The van der Waals surface area contributed by atoms with E-state index in [0.29, 0.717) is 36.5 Å². The molecule has 0 atom stereocenters. The fraction of sp³-hybridized carbons (Fsp3) is 0.312.